The van der Waals surface area contributed by atoms with Gasteiger partial charge in [0.15, 0.2) is 0 Å². The van der Waals surface area contributed by atoms with E-state index in [1.54, 1.807) is 21.1 Å². The molecule has 0 saturated heterocycles. The van der Waals surface area contributed by atoms with Crippen LogP contribution in [0.4, 0.5) is 0 Å². The van der Waals surface area contributed by atoms with Crippen LogP contribution in [0.3, 0.4) is 0 Å². The zero-order chi connectivity index (χ0) is 16.9. The zero-order valence-electron chi connectivity index (χ0n) is 13.8. The number of aliphatic hydroxyl groups is 1. The molecule has 0 bridgehead atoms. The molecule has 2 aromatic carbocycles. The predicted octanol–water partition coefficient (Wildman–Crippen LogP) is 2.84. The molecule has 0 saturated carbocycles. The summed E-state index contributed by atoms with van der Waals surface area (Å²) in [7, 11) is 3.14. The summed E-state index contributed by atoms with van der Waals surface area (Å²) in [4.78, 5) is 0. The van der Waals surface area contributed by atoms with Gasteiger partial charge in [-0.25, -0.2) is 0 Å². The predicted molar refractivity (Wildman–Crippen MR) is 91.0 cm³/mol. The van der Waals surface area contributed by atoms with E-state index in [0.717, 1.165) is 11.1 Å². The van der Waals surface area contributed by atoms with Crippen LogP contribution < -0.4 is 5.73 Å². The fraction of sp³-hybridized carbons (Fsp3) is 0.368. The highest BCUT2D eigenvalue weighted by atomic mass is 16.5. The molecule has 23 heavy (non-hydrogen) atoms. The molecule has 3 atom stereocenters. The third kappa shape index (κ3) is 3.46. The Balaban J connectivity index is 2.52. The molecule has 4 heteroatoms. The van der Waals surface area contributed by atoms with Crippen molar-refractivity contribution >= 4 is 0 Å². The smallest absolute Gasteiger partial charge is 0.140 e. The quantitative estimate of drug-likeness (QED) is 0.824. The summed E-state index contributed by atoms with van der Waals surface area (Å²) in [5.74, 6) is 0. The second-order valence-electron chi connectivity index (χ2n) is 5.73. The summed E-state index contributed by atoms with van der Waals surface area (Å²) >= 11 is 0. The molecule has 3 unspecified atom stereocenters. The molecular formula is C19H25NO3. The number of methoxy groups -OCH3 is 2. The van der Waals surface area contributed by atoms with Crippen LogP contribution >= 0.6 is 0 Å². The van der Waals surface area contributed by atoms with E-state index < -0.39 is 23.9 Å². The standard InChI is InChI=1S/C19H25NO3/c1-14(20)19(21,17(22-2)15-10-6-4-7-11-15)18(23-3)16-12-8-5-9-13-16/h4-14,17-18,21H,20H2,1-3H3. The second kappa shape index (κ2) is 7.70. The molecule has 0 amide bonds. The first-order chi connectivity index (χ1) is 11.1. The van der Waals surface area contributed by atoms with Gasteiger partial charge in [0.1, 0.15) is 17.8 Å². The summed E-state index contributed by atoms with van der Waals surface area (Å²) in [5, 5.41) is 11.5. The van der Waals surface area contributed by atoms with Crippen LogP contribution in [0.5, 0.6) is 0 Å². The summed E-state index contributed by atoms with van der Waals surface area (Å²) < 4.78 is 11.3. The fourth-order valence-electron chi connectivity index (χ4n) is 3.05. The van der Waals surface area contributed by atoms with Gasteiger partial charge in [0.2, 0.25) is 0 Å². The fourth-order valence-corrected chi connectivity index (χ4v) is 3.05. The Morgan fingerprint density at radius 1 is 0.826 bits per heavy atom. The minimum absolute atomic E-state index is 0.571. The lowest BCUT2D eigenvalue weighted by atomic mass is 9.78. The van der Waals surface area contributed by atoms with Crippen LogP contribution in [-0.2, 0) is 9.47 Å². The third-order valence-electron chi connectivity index (χ3n) is 4.25. The molecule has 2 rings (SSSR count). The molecule has 0 fully saturated rings. The van der Waals surface area contributed by atoms with Crippen LogP contribution in [0.15, 0.2) is 60.7 Å². The first kappa shape index (κ1) is 17.6. The van der Waals surface area contributed by atoms with Crippen molar-refractivity contribution in [3.05, 3.63) is 71.8 Å². The Kier molecular flexibility index (Phi) is 5.91. The topological polar surface area (TPSA) is 64.7 Å². The molecular weight excluding hydrogens is 290 g/mol. The van der Waals surface area contributed by atoms with Crippen LogP contribution in [0.25, 0.3) is 0 Å². The molecule has 3 N–H and O–H groups in total. The molecule has 2 aromatic rings. The Morgan fingerprint density at radius 3 is 1.43 bits per heavy atom. The lowest BCUT2D eigenvalue weighted by molar-refractivity contribution is -0.181. The average Bonchev–Trinajstić information content (AvgIpc) is 2.58. The first-order valence-corrected chi connectivity index (χ1v) is 7.69. The molecule has 0 aliphatic carbocycles. The minimum atomic E-state index is -1.42. The highest BCUT2D eigenvalue weighted by molar-refractivity contribution is 5.28. The maximum absolute atomic E-state index is 11.5. The van der Waals surface area contributed by atoms with E-state index in [1.807, 2.05) is 60.7 Å². The highest BCUT2D eigenvalue weighted by Gasteiger charge is 2.49. The van der Waals surface area contributed by atoms with Gasteiger partial charge in [-0.2, -0.15) is 0 Å². The normalized spacial score (nSPS) is 18.0. The van der Waals surface area contributed by atoms with E-state index in [2.05, 4.69) is 0 Å². The van der Waals surface area contributed by atoms with Crippen LogP contribution in [0, 0.1) is 0 Å². The summed E-state index contributed by atoms with van der Waals surface area (Å²) in [6.45, 7) is 1.77. The largest absolute Gasteiger partial charge is 0.382 e. The molecule has 0 radical (unpaired) electrons. The van der Waals surface area contributed by atoms with Crippen LogP contribution in [0.1, 0.15) is 30.3 Å². The second-order valence-corrected chi connectivity index (χ2v) is 5.73. The number of hydrogen-bond acceptors (Lipinski definition) is 4. The number of hydrogen-bond donors (Lipinski definition) is 2. The van der Waals surface area contributed by atoms with E-state index in [-0.39, 0.29) is 0 Å². The van der Waals surface area contributed by atoms with Crippen molar-refractivity contribution in [2.45, 2.75) is 30.8 Å². The van der Waals surface area contributed by atoms with Crippen LogP contribution in [0.2, 0.25) is 0 Å². The van der Waals surface area contributed by atoms with E-state index in [4.69, 9.17) is 15.2 Å². The third-order valence-corrected chi connectivity index (χ3v) is 4.25. The summed E-state index contributed by atoms with van der Waals surface area (Å²) in [6.07, 6.45) is -1.23. The van der Waals surface area contributed by atoms with Gasteiger partial charge >= 0.3 is 0 Å². The average molecular weight is 315 g/mol. The summed E-state index contributed by atoms with van der Waals surface area (Å²) in [5.41, 5.74) is 6.47. The minimum Gasteiger partial charge on any atom is -0.382 e. The van der Waals surface area contributed by atoms with Crippen molar-refractivity contribution in [1.82, 2.24) is 0 Å². The van der Waals surface area contributed by atoms with Crippen molar-refractivity contribution < 1.29 is 14.6 Å². The monoisotopic (exact) mass is 315 g/mol. The molecule has 0 aliphatic rings. The van der Waals surface area contributed by atoms with Crippen LogP contribution in [-0.4, -0.2) is 31.0 Å². The first-order valence-electron chi connectivity index (χ1n) is 7.69. The van der Waals surface area contributed by atoms with Gasteiger partial charge in [-0.1, -0.05) is 60.7 Å². The molecule has 4 nitrogen and oxygen atoms in total. The van der Waals surface area contributed by atoms with Gasteiger partial charge in [-0.3, -0.25) is 0 Å². The van der Waals surface area contributed by atoms with Crippen molar-refractivity contribution in [1.29, 1.82) is 0 Å². The van der Waals surface area contributed by atoms with Crippen molar-refractivity contribution in [2.24, 2.45) is 5.73 Å². The molecule has 0 aliphatic heterocycles. The highest BCUT2D eigenvalue weighted by Crippen LogP contribution is 2.42. The van der Waals surface area contributed by atoms with Gasteiger partial charge in [-0.15, -0.1) is 0 Å². The lowest BCUT2D eigenvalue weighted by Gasteiger charge is -2.43. The molecule has 0 spiro atoms. The van der Waals surface area contributed by atoms with Crippen molar-refractivity contribution in [3.8, 4) is 0 Å². The Labute approximate surface area is 137 Å². The van der Waals surface area contributed by atoms with Gasteiger partial charge in [0.25, 0.3) is 0 Å². The van der Waals surface area contributed by atoms with Gasteiger partial charge in [0, 0.05) is 20.3 Å². The molecule has 0 aromatic heterocycles. The molecule has 0 heterocycles. The van der Waals surface area contributed by atoms with E-state index >= 15 is 0 Å². The van der Waals surface area contributed by atoms with E-state index in [0.29, 0.717) is 0 Å². The van der Waals surface area contributed by atoms with E-state index in [9.17, 15) is 5.11 Å². The maximum atomic E-state index is 11.5. The van der Waals surface area contributed by atoms with Crippen molar-refractivity contribution in [3.63, 3.8) is 0 Å². The SMILES string of the molecule is COC(c1ccccc1)C(O)(C(C)N)C(OC)c1ccccc1. The zero-order valence-corrected chi connectivity index (χ0v) is 13.8. The van der Waals surface area contributed by atoms with Gasteiger partial charge in [0.05, 0.1) is 0 Å². The Bertz CT molecular complexity index is 539. The Hall–Kier alpha value is -1.72. The lowest BCUT2D eigenvalue weighted by Crippen LogP contribution is -2.56. The number of benzene rings is 2. The number of nitrogens with two attached hydrogens (primary N) is 1. The van der Waals surface area contributed by atoms with Crippen molar-refractivity contribution in [2.75, 3.05) is 14.2 Å². The number of rotatable bonds is 7. The Morgan fingerprint density at radius 2 is 1.17 bits per heavy atom. The number of ether oxygens (including phenoxy) is 2. The maximum Gasteiger partial charge on any atom is 0.140 e. The molecule has 124 valence electrons. The van der Waals surface area contributed by atoms with Gasteiger partial charge in [-0.05, 0) is 18.1 Å². The van der Waals surface area contributed by atoms with Gasteiger partial charge < -0.3 is 20.3 Å². The summed E-state index contributed by atoms with van der Waals surface area (Å²) in [6, 6.07) is 18.6. The van der Waals surface area contributed by atoms with E-state index in [1.165, 1.54) is 0 Å².